The maximum atomic E-state index is 13.8. The zero-order chi connectivity index (χ0) is 24.7. The molecule has 13 heteroatoms. The number of pyridine rings is 1. The van der Waals surface area contributed by atoms with Crippen LogP contribution in [0.25, 0.3) is 22.3 Å². The lowest BCUT2D eigenvalue weighted by molar-refractivity contribution is -0.147. The number of alkyl halides is 7. The third-order valence-corrected chi connectivity index (χ3v) is 5.17. The van der Waals surface area contributed by atoms with Gasteiger partial charge in [-0.15, -0.1) is 0 Å². The third-order valence-electron chi connectivity index (χ3n) is 5.17. The van der Waals surface area contributed by atoms with Crippen LogP contribution in [0.3, 0.4) is 0 Å². The van der Waals surface area contributed by atoms with Crippen LogP contribution in [0, 0.1) is 0 Å². The molecule has 0 radical (unpaired) electrons. The van der Waals surface area contributed by atoms with Crippen molar-refractivity contribution >= 4 is 16.9 Å². The number of ether oxygens (including phenoxy) is 1. The summed E-state index contributed by atoms with van der Waals surface area (Å²) in [7, 11) is 0. The number of fused-ring (bicyclic) bond motifs is 1. The summed E-state index contributed by atoms with van der Waals surface area (Å²) >= 11 is 0. The molecular formula is C21H17F7N4O2. The first-order chi connectivity index (χ1) is 16.0. The van der Waals surface area contributed by atoms with Crippen molar-refractivity contribution in [2.75, 3.05) is 26.3 Å². The summed E-state index contributed by atoms with van der Waals surface area (Å²) in [5.74, 6) is -5.38. The molecule has 6 nitrogen and oxygen atoms in total. The number of aromatic nitrogens is 3. The number of benzene rings is 1. The van der Waals surface area contributed by atoms with Gasteiger partial charge in [0.25, 0.3) is 18.3 Å². The van der Waals surface area contributed by atoms with Crippen LogP contribution in [0.1, 0.15) is 16.2 Å². The van der Waals surface area contributed by atoms with Gasteiger partial charge < -0.3 is 14.2 Å². The number of rotatable bonds is 4. The number of hydrogen-bond donors (Lipinski definition) is 0. The van der Waals surface area contributed by atoms with Crippen LogP contribution in [-0.2, 0) is 17.5 Å². The molecule has 0 N–H and O–H groups in total. The summed E-state index contributed by atoms with van der Waals surface area (Å²) in [5, 5.41) is 0. The Morgan fingerprint density at radius 2 is 1.94 bits per heavy atom. The van der Waals surface area contributed by atoms with Gasteiger partial charge in [-0.2, -0.15) is 13.2 Å². The van der Waals surface area contributed by atoms with Crippen LogP contribution < -0.4 is 0 Å². The minimum Gasteiger partial charge on any atom is -0.373 e. The Hall–Kier alpha value is -3.22. The molecule has 3 heterocycles. The zero-order valence-electron chi connectivity index (χ0n) is 17.3. The summed E-state index contributed by atoms with van der Waals surface area (Å²) in [6.45, 7) is -2.92. The lowest BCUT2D eigenvalue weighted by Crippen LogP contribution is -2.41. The van der Waals surface area contributed by atoms with Crippen LogP contribution in [-0.4, -0.2) is 64.0 Å². The van der Waals surface area contributed by atoms with Gasteiger partial charge in [0.2, 0.25) is 5.82 Å². The van der Waals surface area contributed by atoms with E-state index in [-0.39, 0.29) is 41.0 Å². The van der Waals surface area contributed by atoms with Gasteiger partial charge in [-0.05, 0) is 18.2 Å². The molecule has 4 rings (SSSR count). The predicted molar refractivity (Wildman–Crippen MR) is 106 cm³/mol. The third kappa shape index (κ3) is 4.83. The van der Waals surface area contributed by atoms with Gasteiger partial charge in [-0.1, -0.05) is 12.1 Å². The van der Waals surface area contributed by atoms with E-state index in [0.717, 1.165) is 11.1 Å². The molecule has 0 unspecified atom stereocenters. The molecular weight excluding hydrogens is 473 g/mol. The molecule has 1 amide bonds. The highest BCUT2D eigenvalue weighted by atomic mass is 19.4. The lowest BCUT2D eigenvalue weighted by atomic mass is 10.1. The molecule has 0 saturated carbocycles. The van der Waals surface area contributed by atoms with Gasteiger partial charge in [0, 0.05) is 18.3 Å². The number of carbonyl (C=O) groups excluding carboxylic acids is 1. The standard InChI is InChI=1S/C21H17F7N4O2/c22-16(23)9-32-15-3-1-2-13(17(15)30-19(32)21(26,27)28)14-5-4-12(8-29-14)18(33)31-6-7-34-11-20(24,25)10-31/h1-5,8,16H,6-7,9-11H2. The Labute approximate surface area is 188 Å². The first-order valence-corrected chi connectivity index (χ1v) is 10.0. The molecule has 3 aromatic rings. The fourth-order valence-electron chi connectivity index (χ4n) is 3.73. The average molecular weight is 490 g/mol. The van der Waals surface area contributed by atoms with Gasteiger partial charge >= 0.3 is 6.18 Å². The van der Waals surface area contributed by atoms with E-state index < -0.39 is 50.0 Å². The second kappa shape index (κ2) is 8.85. The van der Waals surface area contributed by atoms with Crippen molar-refractivity contribution < 1.29 is 40.3 Å². The molecule has 2 aromatic heterocycles. The Morgan fingerprint density at radius 3 is 2.59 bits per heavy atom. The van der Waals surface area contributed by atoms with E-state index in [2.05, 4.69) is 9.97 Å². The summed E-state index contributed by atoms with van der Waals surface area (Å²) < 4.78 is 98.9. The summed E-state index contributed by atoms with van der Waals surface area (Å²) in [4.78, 5) is 21.2. The van der Waals surface area contributed by atoms with E-state index in [1.807, 2.05) is 0 Å². The quantitative estimate of drug-likeness (QED) is 0.506. The normalized spacial score (nSPS) is 16.8. The van der Waals surface area contributed by atoms with Crippen molar-refractivity contribution in [1.29, 1.82) is 0 Å². The molecule has 34 heavy (non-hydrogen) atoms. The summed E-state index contributed by atoms with van der Waals surface area (Å²) in [5.41, 5.74) is -0.0927. The van der Waals surface area contributed by atoms with Crippen molar-refractivity contribution in [3.05, 3.63) is 47.9 Å². The Kier molecular flexibility index (Phi) is 6.23. The highest BCUT2D eigenvalue weighted by molar-refractivity contribution is 5.95. The van der Waals surface area contributed by atoms with Crippen molar-refractivity contribution in [2.45, 2.75) is 25.1 Å². The average Bonchev–Trinajstić information content (AvgIpc) is 3.03. The molecule has 1 aliphatic rings. The van der Waals surface area contributed by atoms with Crippen LogP contribution >= 0.6 is 0 Å². The zero-order valence-corrected chi connectivity index (χ0v) is 17.3. The first-order valence-electron chi connectivity index (χ1n) is 10.0. The van der Waals surface area contributed by atoms with Gasteiger partial charge in [0.05, 0.1) is 42.0 Å². The molecule has 1 aromatic carbocycles. The first kappa shape index (κ1) is 23.9. The Balaban J connectivity index is 1.69. The number of nitrogens with zero attached hydrogens (tertiary/aromatic N) is 4. The Bertz CT molecular complexity index is 1190. The van der Waals surface area contributed by atoms with Gasteiger partial charge in [-0.25, -0.2) is 22.5 Å². The lowest BCUT2D eigenvalue weighted by Gasteiger charge is -2.23. The second-order valence-electron chi connectivity index (χ2n) is 7.68. The van der Waals surface area contributed by atoms with Crippen molar-refractivity contribution in [3.8, 4) is 11.3 Å². The van der Waals surface area contributed by atoms with E-state index >= 15 is 0 Å². The van der Waals surface area contributed by atoms with Gasteiger partial charge in [-0.3, -0.25) is 9.78 Å². The van der Waals surface area contributed by atoms with Crippen molar-refractivity contribution in [3.63, 3.8) is 0 Å². The molecule has 1 saturated heterocycles. The van der Waals surface area contributed by atoms with E-state index in [1.54, 1.807) is 0 Å². The van der Waals surface area contributed by atoms with E-state index in [0.29, 0.717) is 4.57 Å². The summed E-state index contributed by atoms with van der Waals surface area (Å²) in [6, 6.07) is 6.66. The molecule has 0 bridgehead atoms. The molecule has 0 atom stereocenters. The Morgan fingerprint density at radius 1 is 1.18 bits per heavy atom. The van der Waals surface area contributed by atoms with E-state index in [1.165, 1.54) is 30.3 Å². The summed E-state index contributed by atoms with van der Waals surface area (Å²) in [6.07, 6.45) is -6.89. The largest absolute Gasteiger partial charge is 0.449 e. The molecule has 1 aliphatic heterocycles. The molecule has 0 spiro atoms. The fourth-order valence-corrected chi connectivity index (χ4v) is 3.73. The topological polar surface area (TPSA) is 60.2 Å². The molecule has 0 aliphatic carbocycles. The number of halogens is 7. The van der Waals surface area contributed by atoms with Crippen LogP contribution in [0.2, 0.25) is 0 Å². The van der Waals surface area contributed by atoms with Gasteiger partial charge in [0.1, 0.15) is 6.61 Å². The maximum Gasteiger partial charge on any atom is 0.449 e. The molecule has 1 fully saturated rings. The van der Waals surface area contributed by atoms with Crippen LogP contribution in [0.15, 0.2) is 36.5 Å². The number of imidazole rings is 1. The molecule has 182 valence electrons. The maximum absolute atomic E-state index is 13.8. The fraction of sp³-hybridized carbons (Fsp3) is 0.381. The van der Waals surface area contributed by atoms with Crippen molar-refractivity contribution in [1.82, 2.24) is 19.4 Å². The smallest absolute Gasteiger partial charge is 0.373 e. The van der Waals surface area contributed by atoms with Gasteiger partial charge in [0.15, 0.2) is 0 Å². The van der Waals surface area contributed by atoms with Crippen LogP contribution in [0.4, 0.5) is 30.7 Å². The van der Waals surface area contributed by atoms with E-state index in [4.69, 9.17) is 4.74 Å². The SMILES string of the molecule is O=C(c1ccc(-c2cccc3c2nc(C(F)(F)F)n3CC(F)F)nc1)N1CCOCC(F)(F)C1. The minimum atomic E-state index is -4.96. The number of carbonyl (C=O) groups is 1. The monoisotopic (exact) mass is 490 g/mol. The predicted octanol–water partition coefficient (Wildman–Crippen LogP) is 4.49. The van der Waals surface area contributed by atoms with E-state index in [9.17, 15) is 35.5 Å². The number of amides is 1. The highest BCUT2D eigenvalue weighted by Gasteiger charge is 2.39. The van der Waals surface area contributed by atoms with Crippen LogP contribution in [0.5, 0.6) is 0 Å². The number of hydrogen-bond acceptors (Lipinski definition) is 4. The van der Waals surface area contributed by atoms with Crippen molar-refractivity contribution in [2.24, 2.45) is 0 Å². The minimum absolute atomic E-state index is 0.00663. The second-order valence-corrected chi connectivity index (χ2v) is 7.68. The highest BCUT2D eigenvalue weighted by Crippen LogP contribution is 2.35. The number of para-hydroxylation sites is 1.